The lowest BCUT2D eigenvalue weighted by Crippen LogP contribution is -1.99. The lowest BCUT2D eigenvalue weighted by atomic mass is 9.99. The van der Waals surface area contributed by atoms with Crippen LogP contribution in [0, 0.1) is 0 Å². The van der Waals surface area contributed by atoms with Gasteiger partial charge in [0.05, 0.1) is 39.8 Å². The van der Waals surface area contributed by atoms with E-state index in [0.717, 1.165) is 28.9 Å². The average Bonchev–Trinajstić information content (AvgIpc) is 4.12. The van der Waals surface area contributed by atoms with E-state index in [2.05, 4.69) is 102 Å². The van der Waals surface area contributed by atoms with Crippen molar-refractivity contribution in [3.05, 3.63) is 187 Å². The maximum absolute atomic E-state index is 5.01. The highest BCUT2D eigenvalue weighted by Gasteiger charge is 2.12. The Morgan fingerprint density at radius 2 is 1.21 bits per heavy atom. The molecule has 0 bridgehead atoms. The molecule has 1 N–H and O–H groups in total. The molecule has 4 aromatic carbocycles. The predicted octanol–water partition coefficient (Wildman–Crippen LogP) is 10.9. The van der Waals surface area contributed by atoms with Crippen molar-refractivity contribution in [2.75, 3.05) is 0 Å². The van der Waals surface area contributed by atoms with Gasteiger partial charge in [-0.3, -0.25) is 10.1 Å². The molecule has 0 radical (unpaired) electrons. The molecule has 0 unspecified atom stereocenters. The van der Waals surface area contributed by atoms with Gasteiger partial charge in [-0.25, -0.2) is 14.5 Å². The van der Waals surface area contributed by atoms with Crippen LogP contribution in [0.4, 0.5) is 0 Å². The maximum Gasteiger partial charge on any atom is 0.154 e. The van der Waals surface area contributed by atoms with Crippen molar-refractivity contribution < 1.29 is 4.52 Å². The summed E-state index contributed by atoms with van der Waals surface area (Å²) in [6, 6.07) is 40.6. The third-order valence-corrected chi connectivity index (χ3v) is 10.1. The topological polar surface area (TPSA) is 111 Å². The number of fused-ring (bicyclic) bond motifs is 6. The van der Waals surface area contributed by atoms with E-state index in [-0.39, 0.29) is 0 Å². The number of nitrogens with one attached hydrogen (secondary N) is 1. The highest BCUT2D eigenvalue weighted by atomic mass is 32.1. The molecule has 10 heteroatoms. The summed E-state index contributed by atoms with van der Waals surface area (Å²) in [7, 11) is 0. The Morgan fingerprint density at radius 1 is 0.554 bits per heavy atom. The van der Waals surface area contributed by atoms with E-state index in [0.29, 0.717) is 0 Å². The fraction of sp³-hybridized carbons (Fsp3) is 0.174. The molecular formula is C46H44N8OS. The molecule has 6 heterocycles. The molecule has 0 aliphatic heterocycles. The van der Waals surface area contributed by atoms with Crippen molar-refractivity contribution in [2.24, 2.45) is 0 Å². The number of benzene rings is 4. The number of para-hydroxylation sites is 2. The molecule has 10 aromatic rings. The molecule has 2 aliphatic carbocycles. The molecular weight excluding hydrogens is 713 g/mol. The van der Waals surface area contributed by atoms with Crippen molar-refractivity contribution >= 4 is 48.9 Å². The number of rotatable bonds is 0. The van der Waals surface area contributed by atoms with E-state index in [1.807, 2.05) is 84.9 Å². The number of aromatic amines is 1. The van der Waals surface area contributed by atoms with Crippen LogP contribution < -0.4 is 0 Å². The van der Waals surface area contributed by atoms with E-state index < -0.39 is 0 Å². The van der Waals surface area contributed by atoms with Gasteiger partial charge in [-0.05, 0) is 91.6 Å². The zero-order valence-corrected chi connectivity index (χ0v) is 32.0. The van der Waals surface area contributed by atoms with Crippen LogP contribution in [-0.4, -0.2) is 39.9 Å². The number of aryl methyl sites for hydroxylation is 4. The van der Waals surface area contributed by atoms with Crippen molar-refractivity contribution in [3.63, 3.8) is 0 Å². The SMILES string of the molecule is c1ccc2ccccc2c1.c1ccc2ncccc2c1.c1ccc2scnc2c1.c1cnc2ccnn2c1.c1n[nH]c2c1CCCC2.c1noc2c1CCCC2. The lowest BCUT2D eigenvalue weighted by Gasteiger charge is -2.07. The Balaban J connectivity index is 0.000000103. The summed E-state index contributed by atoms with van der Waals surface area (Å²) in [5, 5.41) is 18.5. The number of aromatic nitrogens is 8. The van der Waals surface area contributed by atoms with Gasteiger partial charge < -0.3 is 4.52 Å². The van der Waals surface area contributed by atoms with Crippen LogP contribution >= 0.6 is 11.3 Å². The first kappa shape index (κ1) is 37.8. The van der Waals surface area contributed by atoms with Crippen molar-refractivity contribution in [1.29, 1.82) is 0 Å². The number of thiazole rings is 1. The summed E-state index contributed by atoms with van der Waals surface area (Å²) in [6.45, 7) is 0. The fourth-order valence-corrected chi connectivity index (χ4v) is 7.08. The van der Waals surface area contributed by atoms with Gasteiger partial charge in [0.2, 0.25) is 0 Å². The summed E-state index contributed by atoms with van der Waals surface area (Å²) >= 11 is 1.68. The average molecular weight is 757 g/mol. The van der Waals surface area contributed by atoms with Crippen LogP contribution in [-0.2, 0) is 25.7 Å². The molecule has 12 rings (SSSR count). The second-order valence-electron chi connectivity index (χ2n) is 13.2. The van der Waals surface area contributed by atoms with Gasteiger partial charge in [0.1, 0.15) is 5.76 Å². The van der Waals surface area contributed by atoms with Crippen LogP contribution in [0.5, 0.6) is 0 Å². The smallest absolute Gasteiger partial charge is 0.154 e. The first-order valence-electron chi connectivity index (χ1n) is 19.0. The summed E-state index contributed by atoms with van der Waals surface area (Å²) in [5.74, 6) is 1.11. The first-order valence-corrected chi connectivity index (χ1v) is 19.9. The van der Waals surface area contributed by atoms with Crippen LogP contribution in [0.25, 0.3) is 37.5 Å². The molecule has 0 atom stereocenters. The minimum Gasteiger partial charge on any atom is -0.361 e. The summed E-state index contributed by atoms with van der Waals surface area (Å²) in [5.41, 5.74) is 9.03. The second-order valence-corrected chi connectivity index (χ2v) is 14.1. The highest BCUT2D eigenvalue weighted by Crippen LogP contribution is 2.20. The van der Waals surface area contributed by atoms with Crippen LogP contribution in [0.15, 0.2) is 169 Å². The van der Waals surface area contributed by atoms with Crippen LogP contribution in [0.3, 0.4) is 0 Å². The van der Waals surface area contributed by atoms with Gasteiger partial charge in [-0.2, -0.15) is 10.2 Å². The zero-order chi connectivity index (χ0) is 38.0. The molecule has 0 saturated heterocycles. The molecule has 280 valence electrons. The molecule has 0 saturated carbocycles. The maximum atomic E-state index is 5.01. The normalized spacial score (nSPS) is 12.4. The minimum absolute atomic E-state index is 0.887. The Hall–Kier alpha value is -6.52. The van der Waals surface area contributed by atoms with E-state index in [1.54, 1.807) is 28.2 Å². The highest BCUT2D eigenvalue weighted by molar-refractivity contribution is 7.16. The Labute approximate surface area is 330 Å². The summed E-state index contributed by atoms with van der Waals surface area (Å²) in [4.78, 5) is 12.4. The zero-order valence-electron chi connectivity index (χ0n) is 31.2. The molecule has 9 nitrogen and oxygen atoms in total. The Morgan fingerprint density at radius 3 is 1.95 bits per heavy atom. The van der Waals surface area contributed by atoms with Crippen LogP contribution in [0.2, 0.25) is 0 Å². The van der Waals surface area contributed by atoms with Gasteiger partial charge in [0.25, 0.3) is 0 Å². The summed E-state index contributed by atoms with van der Waals surface area (Å²) in [6.07, 6.45) is 20.9. The van der Waals surface area contributed by atoms with E-state index >= 15 is 0 Å². The van der Waals surface area contributed by atoms with Gasteiger partial charge in [0, 0.05) is 47.7 Å². The molecule has 0 fully saturated rings. The standard InChI is InChI=1S/C10H8.C9H7N.C7H10N2.C7H9NO.C7H5NS.C6H5N3/c1-2-6-10-8-4-3-7-9(10)5-1;1-2-6-9-8(4-1)5-3-7-10-9;2*1-2-4-7-6(3-1)5-8-9-7;1-2-4-7-6(3-1)8-5-9-7;1-3-7-6-2-4-8-9(6)5-1/h1-8H;1-7H;5H,1-4H2,(H,8,9);5H,1-4H2;2*1-5H. The third-order valence-electron chi connectivity index (χ3n) is 9.34. The van der Waals surface area contributed by atoms with Gasteiger partial charge in [-0.1, -0.05) is 90.1 Å². The quantitative estimate of drug-likeness (QED) is 0.164. The lowest BCUT2D eigenvalue weighted by molar-refractivity contribution is 0.372. The number of hydrogen-bond acceptors (Lipinski definition) is 8. The molecule has 0 spiro atoms. The van der Waals surface area contributed by atoms with Crippen LogP contribution in [0.1, 0.15) is 48.3 Å². The van der Waals surface area contributed by atoms with Crippen molar-refractivity contribution in [3.8, 4) is 0 Å². The number of hydrogen-bond donors (Lipinski definition) is 1. The fourth-order valence-electron chi connectivity index (χ4n) is 6.40. The third kappa shape index (κ3) is 10.8. The Bertz CT molecular complexity index is 2240. The second kappa shape index (κ2) is 20.2. The first-order chi connectivity index (χ1) is 27.8. The predicted molar refractivity (Wildman–Crippen MR) is 227 cm³/mol. The molecule has 2 aliphatic rings. The largest absolute Gasteiger partial charge is 0.361 e. The monoisotopic (exact) mass is 756 g/mol. The van der Waals surface area contributed by atoms with E-state index in [1.165, 1.54) is 82.6 Å². The van der Waals surface area contributed by atoms with E-state index in [9.17, 15) is 0 Å². The number of nitrogens with zero attached hydrogens (tertiary/aromatic N) is 7. The van der Waals surface area contributed by atoms with Crippen molar-refractivity contribution in [1.82, 2.24) is 39.9 Å². The summed E-state index contributed by atoms with van der Waals surface area (Å²) < 4.78 is 7.99. The number of pyridine rings is 1. The molecule has 0 amide bonds. The molecule has 56 heavy (non-hydrogen) atoms. The van der Waals surface area contributed by atoms with E-state index in [4.69, 9.17) is 4.52 Å². The van der Waals surface area contributed by atoms with Gasteiger partial charge in [-0.15, -0.1) is 11.3 Å². The minimum atomic E-state index is 0.887. The van der Waals surface area contributed by atoms with Crippen molar-refractivity contribution in [2.45, 2.75) is 51.4 Å². The van der Waals surface area contributed by atoms with Gasteiger partial charge >= 0.3 is 0 Å². The Kier molecular flexibility index (Phi) is 13.7. The van der Waals surface area contributed by atoms with Gasteiger partial charge in [0.15, 0.2) is 5.65 Å². The molecule has 6 aromatic heterocycles. The number of H-pyrrole nitrogens is 1.